The molecule has 0 aliphatic rings. The number of rotatable bonds is 6. The van der Waals surface area contributed by atoms with Crippen molar-refractivity contribution in [2.75, 3.05) is 19.5 Å². The number of carbonyl (C=O) groups is 2. The predicted octanol–water partition coefficient (Wildman–Crippen LogP) is 4.53. The van der Waals surface area contributed by atoms with Crippen molar-refractivity contribution in [3.05, 3.63) is 65.5 Å². The lowest BCUT2D eigenvalue weighted by Crippen LogP contribution is -2.14. The van der Waals surface area contributed by atoms with Gasteiger partial charge in [0.05, 0.1) is 19.8 Å². The lowest BCUT2D eigenvalue weighted by molar-refractivity contribution is -0.137. The van der Waals surface area contributed by atoms with Crippen LogP contribution in [0.2, 0.25) is 0 Å². The van der Waals surface area contributed by atoms with E-state index in [4.69, 9.17) is 14.0 Å². The molecule has 3 rings (SSSR count). The topological polar surface area (TPSA) is 99.9 Å². The standard InChI is InChI=1S/C20H15F3N2O6/c1-28-16-15(25-31-17(16)19(27)29-2)18(26)24-12-5-9-14(10-6-12)30-13-7-3-11(4-8-13)20(21,22)23/h3-10H,1-2H3,(H,24,26). The summed E-state index contributed by atoms with van der Waals surface area (Å²) in [4.78, 5) is 24.0. The van der Waals surface area contributed by atoms with Gasteiger partial charge in [0.15, 0.2) is 0 Å². The zero-order valence-electron chi connectivity index (χ0n) is 16.1. The predicted molar refractivity (Wildman–Crippen MR) is 100 cm³/mol. The van der Waals surface area contributed by atoms with Crippen molar-refractivity contribution < 1.29 is 41.5 Å². The summed E-state index contributed by atoms with van der Waals surface area (Å²) < 4.78 is 57.7. The molecule has 0 fully saturated rings. The highest BCUT2D eigenvalue weighted by molar-refractivity contribution is 6.06. The summed E-state index contributed by atoms with van der Waals surface area (Å²) in [6, 6.07) is 10.3. The van der Waals surface area contributed by atoms with E-state index in [1.165, 1.54) is 43.5 Å². The number of aromatic nitrogens is 1. The van der Waals surface area contributed by atoms with Crippen LogP contribution in [0.5, 0.6) is 17.2 Å². The molecule has 1 amide bonds. The SMILES string of the molecule is COC(=O)c1onc(C(=O)Nc2ccc(Oc3ccc(C(F)(F)F)cc3)cc2)c1OC. The minimum atomic E-state index is -4.43. The van der Waals surface area contributed by atoms with Crippen LogP contribution in [0.25, 0.3) is 0 Å². The van der Waals surface area contributed by atoms with Gasteiger partial charge in [-0.05, 0) is 48.5 Å². The Balaban J connectivity index is 1.68. The van der Waals surface area contributed by atoms with E-state index < -0.39 is 23.6 Å². The molecule has 162 valence electrons. The number of hydrogen-bond acceptors (Lipinski definition) is 7. The Morgan fingerprint density at radius 3 is 2.06 bits per heavy atom. The summed E-state index contributed by atoms with van der Waals surface area (Å²) in [5.74, 6) is -1.53. The van der Waals surface area contributed by atoms with Crippen LogP contribution in [-0.2, 0) is 10.9 Å². The number of hydrogen-bond donors (Lipinski definition) is 1. The maximum Gasteiger partial charge on any atom is 0.416 e. The summed E-state index contributed by atoms with van der Waals surface area (Å²) in [6.07, 6.45) is -4.43. The Hall–Kier alpha value is -4.02. The third kappa shape index (κ3) is 4.94. The number of methoxy groups -OCH3 is 2. The summed E-state index contributed by atoms with van der Waals surface area (Å²) >= 11 is 0. The van der Waals surface area contributed by atoms with E-state index in [1.54, 1.807) is 0 Å². The van der Waals surface area contributed by atoms with Crippen molar-refractivity contribution >= 4 is 17.6 Å². The molecule has 0 unspecified atom stereocenters. The number of esters is 1. The van der Waals surface area contributed by atoms with Crippen LogP contribution in [0, 0.1) is 0 Å². The average molecular weight is 436 g/mol. The second-order valence-corrected chi connectivity index (χ2v) is 5.99. The number of halogens is 3. The van der Waals surface area contributed by atoms with Crippen LogP contribution in [0.15, 0.2) is 53.1 Å². The summed E-state index contributed by atoms with van der Waals surface area (Å²) in [6.45, 7) is 0. The normalized spacial score (nSPS) is 11.0. The fraction of sp³-hybridized carbons (Fsp3) is 0.150. The van der Waals surface area contributed by atoms with E-state index in [2.05, 4.69) is 15.2 Å². The number of benzene rings is 2. The number of nitrogens with one attached hydrogen (secondary N) is 1. The van der Waals surface area contributed by atoms with Crippen LogP contribution < -0.4 is 14.8 Å². The largest absolute Gasteiger partial charge is 0.490 e. The summed E-state index contributed by atoms with van der Waals surface area (Å²) in [5, 5.41) is 6.08. The highest BCUT2D eigenvalue weighted by Crippen LogP contribution is 2.31. The van der Waals surface area contributed by atoms with Gasteiger partial charge in [-0.1, -0.05) is 5.16 Å². The maximum atomic E-state index is 12.6. The highest BCUT2D eigenvalue weighted by atomic mass is 19.4. The summed E-state index contributed by atoms with van der Waals surface area (Å²) in [5.41, 5.74) is -0.682. The molecule has 0 spiro atoms. The van der Waals surface area contributed by atoms with Gasteiger partial charge in [-0.25, -0.2) is 4.79 Å². The average Bonchev–Trinajstić information content (AvgIpc) is 3.18. The lowest BCUT2D eigenvalue weighted by atomic mass is 10.2. The first-order chi connectivity index (χ1) is 14.7. The monoisotopic (exact) mass is 436 g/mol. The number of alkyl halides is 3. The van der Waals surface area contributed by atoms with Crippen LogP contribution in [0.1, 0.15) is 26.6 Å². The smallest absolute Gasteiger partial charge is 0.416 e. The molecule has 0 saturated carbocycles. The molecule has 2 aromatic carbocycles. The van der Waals surface area contributed by atoms with Gasteiger partial charge in [-0.3, -0.25) is 4.79 Å². The van der Waals surface area contributed by atoms with Crippen molar-refractivity contribution in [2.24, 2.45) is 0 Å². The van der Waals surface area contributed by atoms with Gasteiger partial charge in [-0.15, -0.1) is 0 Å². The van der Waals surface area contributed by atoms with Crippen LogP contribution >= 0.6 is 0 Å². The van der Waals surface area contributed by atoms with Gasteiger partial charge in [0.25, 0.3) is 11.7 Å². The molecular weight excluding hydrogens is 421 g/mol. The molecular formula is C20H15F3N2O6. The minimum absolute atomic E-state index is 0.174. The van der Waals surface area contributed by atoms with Gasteiger partial charge in [0.1, 0.15) is 11.5 Å². The first-order valence-corrected chi connectivity index (χ1v) is 8.61. The molecule has 0 atom stereocenters. The minimum Gasteiger partial charge on any atom is -0.490 e. The maximum absolute atomic E-state index is 12.6. The van der Waals surface area contributed by atoms with Crippen molar-refractivity contribution in [1.29, 1.82) is 0 Å². The molecule has 11 heteroatoms. The van der Waals surface area contributed by atoms with Gasteiger partial charge >= 0.3 is 12.1 Å². The van der Waals surface area contributed by atoms with Gasteiger partial charge in [0.2, 0.25) is 11.4 Å². The van der Waals surface area contributed by atoms with E-state index in [0.717, 1.165) is 19.2 Å². The Morgan fingerprint density at radius 2 is 1.55 bits per heavy atom. The number of ether oxygens (including phenoxy) is 3. The van der Waals surface area contributed by atoms with Crippen LogP contribution in [0.3, 0.4) is 0 Å². The number of carbonyl (C=O) groups excluding carboxylic acids is 2. The van der Waals surface area contributed by atoms with Crippen molar-refractivity contribution in [3.8, 4) is 17.2 Å². The number of anilines is 1. The Morgan fingerprint density at radius 1 is 0.968 bits per heavy atom. The van der Waals surface area contributed by atoms with Crippen LogP contribution in [-0.4, -0.2) is 31.3 Å². The quantitative estimate of drug-likeness (QED) is 0.567. The van der Waals surface area contributed by atoms with Gasteiger partial charge < -0.3 is 24.1 Å². The molecule has 0 radical (unpaired) electrons. The Kier molecular flexibility index (Phi) is 6.14. The molecule has 31 heavy (non-hydrogen) atoms. The van der Waals surface area contributed by atoms with Crippen LogP contribution in [0.4, 0.5) is 18.9 Å². The molecule has 0 bridgehead atoms. The van der Waals surface area contributed by atoms with Gasteiger partial charge in [0, 0.05) is 5.69 Å². The van der Waals surface area contributed by atoms with E-state index in [-0.39, 0.29) is 23.0 Å². The van der Waals surface area contributed by atoms with Gasteiger partial charge in [-0.2, -0.15) is 13.2 Å². The van der Waals surface area contributed by atoms with Crippen molar-refractivity contribution in [3.63, 3.8) is 0 Å². The Bertz CT molecular complexity index is 1080. The zero-order valence-corrected chi connectivity index (χ0v) is 16.1. The van der Waals surface area contributed by atoms with Crippen molar-refractivity contribution in [1.82, 2.24) is 5.16 Å². The number of nitrogens with zero attached hydrogens (tertiary/aromatic N) is 1. The first-order valence-electron chi connectivity index (χ1n) is 8.61. The van der Waals surface area contributed by atoms with Crippen molar-refractivity contribution in [2.45, 2.75) is 6.18 Å². The molecule has 0 aliphatic carbocycles. The third-order valence-electron chi connectivity index (χ3n) is 3.97. The number of amides is 1. The third-order valence-corrected chi connectivity index (χ3v) is 3.97. The van der Waals surface area contributed by atoms with E-state index in [0.29, 0.717) is 11.4 Å². The molecule has 3 aromatic rings. The highest BCUT2D eigenvalue weighted by Gasteiger charge is 2.30. The van der Waals surface area contributed by atoms with E-state index >= 15 is 0 Å². The fourth-order valence-corrected chi connectivity index (χ4v) is 2.48. The lowest BCUT2D eigenvalue weighted by Gasteiger charge is -2.10. The zero-order chi connectivity index (χ0) is 22.6. The summed E-state index contributed by atoms with van der Waals surface area (Å²) in [7, 11) is 2.38. The Labute approximate surface area is 173 Å². The van der Waals surface area contributed by atoms with E-state index in [1.807, 2.05) is 0 Å². The second kappa shape index (κ2) is 8.78. The molecule has 0 saturated heterocycles. The first kappa shape index (κ1) is 21.7. The van der Waals surface area contributed by atoms with E-state index in [9.17, 15) is 22.8 Å². The molecule has 1 aromatic heterocycles. The molecule has 0 aliphatic heterocycles. The molecule has 8 nitrogen and oxygen atoms in total. The fourth-order valence-electron chi connectivity index (χ4n) is 2.48. The molecule has 1 N–H and O–H groups in total. The second-order valence-electron chi connectivity index (χ2n) is 5.99. The molecule has 1 heterocycles.